The SMILES string of the molecule is Cc1cc(NC(=O)c2ccccc2N2CCC3(CC2)CC3)nn1C1CCN(C)C2(CC2)C1. The van der Waals surface area contributed by atoms with Crippen LogP contribution in [0, 0.1) is 12.3 Å². The van der Waals surface area contributed by atoms with Crippen molar-refractivity contribution in [3.05, 3.63) is 41.6 Å². The van der Waals surface area contributed by atoms with E-state index in [0.29, 0.717) is 22.8 Å². The van der Waals surface area contributed by atoms with Gasteiger partial charge in [-0.25, -0.2) is 0 Å². The van der Waals surface area contributed by atoms with Crippen LogP contribution in [0.1, 0.15) is 73.5 Å². The maximum Gasteiger partial charge on any atom is 0.258 e. The Morgan fingerprint density at radius 3 is 2.53 bits per heavy atom. The highest BCUT2D eigenvalue weighted by Crippen LogP contribution is 2.54. The standard InChI is InChI=1S/C26H35N5O/c1-19-17-23(28-31(19)20-7-14-29(2)26(18-20)10-11-26)27-24(32)21-5-3-4-6-22(21)30-15-12-25(8-9-25)13-16-30/h3-6,17,20H,7-16,18H2,1-2H3,(H,27,28,32). The van der Waals surface area contributed by atoms with Gasteiger partial charge in [0.05, 0.1) is 11.6 Å². The van der Waals surface area contributed by atoms with E-state index < -0.39 is 0 Å². The van der Waals surface area contributed by atoms with Crippen LogP contribution in [-0.4, -0.2) is 52.8 Å². The normalized spacial score (nSPS) is 25.8. The van der Waals surface area contributed by atoms with Gasteiger partial charge in [0.15, 0.2) is 5.82 Å². The van der Waals surface area contributed by atoms with Crippen molar-refractivity contribution >= 4 is 17.4 Å². The number of aromatic nitrogens is 2. The molecule has 1 amide bonds. The molecule has 4 fully saturated rings. The molecule has 32 heavy (non-hydrogen) atoms. The predicted molar refractivity (Wildman–Crippen MR) is 127 cm³/mol. The molecule has 0 bridgehead atoms. The van der Waals surface area contributed by atoms with Crippen LogP contribution >= 0.6 is 0 Å². The van der Waals surface area contributed by atoms with Crippen molar-refractivity contribution in [1.29, 1.82) is 0 Å². The number of likely N-dealkylation sites (tertiary alicyclic amines) is 1. The van der Waals surface area contributed by atoms with Gasteiger partial charge < -0.3 is 15.1 Å². The van der Waals surface area contributed by atoms with Gasteiger partial charge in [0.2, 0.25) is 0 Å². The van der Waals surface area contributed by atoms with Gasteiger partial charge >= 0.3 is 0 Å². The molecular formula is C26H35N5O. The van der Waals surface area contributed by atoms with E-state index in [1.807, 2.05) is 24.3 Å². The van der Waals surface area contributed by atoms with Crippen molar-refractivity contribution in [2.75, 3.05) is 36.9 Å². The maximum atomic E-state index is 13.3. The number of piperidine rings is 2. The van der Waals surface area contributed by atoms with E-state index >= 15 is 0 Å². The van der Waals surface area contributed by atoms with Crippen LogP contribution in [0.2, 0.25) is 0 Å². The lowest BCUT2D eigenvalue weighted by Crippen LogP contribution is -2.42. The minimum Gasteiger partial charge on any atom is -0.371 e. The summed E-state index contributed by atoms with van der Waals surface area (Å²) in [6.45, 7) is 5.33. The largest absolute Gasteiger partial charge is 0.371 e. The highest BCUT2D eigenvalue weighted by molar-refractivity contribution is 6.07. The Kier molecular flexibility index (Phi) is 4.65. The number of carbonyl (C=O) groups is 1. The molecule has 1 aromatic carbocycles. The highest BCUT2D eigenvalue weighted by Gasteiger charge is 2.50. The number of para-hydroxylation sites is 1. The molecule has 1 N–H and O–H groups in total. The first-order valence-corrected chi connectivity index (χ1v) is 12.4. The van der Waals surface area contributed by atoms with Gasteiger partial charge in [-0.05, 0) is 82.9 Å². The molecule has 6 nitrogen and oxygen atoms in total. The second-order valence-electron chi connectivity index (χ2n) is 10.9. The number of hydrogen-bond donors (Lipinski definition) is 1. The molecule has 1 aromatic heterocycles. The molecule has 170 valence electrons. The number of hydrogen-bond acceptors (Lipinski definition) is 4. The van der Waals surface area contributed by atoms with Gasteiger partial charge in [-0.2, -0.15) is 5.10 Å². The minimum atomic E-state index is -0.0565. The van der Waals surface area contributed by atoms with Gasteiger partial charge in [0.25, 0.3) is 5.91 Å². The van der Waals surface area contributed by atoms with Crippen molar-refractivity contribution in [3.8, 4) is 0 Å². The summed E-state index contributed by atoms with van der Waals surface area (Å²) in [7, 11) is 2.26. The highest BCUT2D eigenvalue weighted by atomic mass is 16.1. The monoisotopic (exact) mass is 433 g/mol. The number of benzene rings is 1. The number of anilines is 2. The maximum absolute atomic E-state index is 13.3. The summed E-state index contributed by atoms with van der Waals surface area (Å²) in [6.07, 6.45) is 10.2. The van der Waals surface area contributed by atoms with E-state index in [-0.39, 0.29) is 5.91 Å². The van der Waals surface area contributed by atoms with Gasteiger partial charge in [0.1, 0.15) is 0 Å². The third-order valence-electron chi connectivity index (χ3n) is 8.83. The summed E-state index contributed by atoms with van der Waals surface area (Å²) in [5.74, 6) is 0.612. The van der Waals surface area contributed by atoms with Crippen LogP contribution in [0.25, 0.3) is 0 Å². The summed E-state index contributed by atoms with van der Waals surface area (Å²) in [4.78, 5) is 18.2. The van der Waals surface area contributed by atoms with Gasteiger partial charge in [-0.15, -0.1) is 0 Å². The first kappa shape index (κ1) is 20.3. The van der Waals surface area contributed by atoms with Crippen LogP contribution in [0.3, 0.4) is 0 Å². The van der Waals surface area contributed by atoms with Crippen LogP contribution < -0.4 is 10.2 Å². The Hall–Kier alpha value is -2.34. The second-order valence-corrected chi connectivity index (χ2v) is 10.9. The average molecular weight is 434 g/mol. The van der Waals surface area contributed by atoms with Crippen molar-refractivity contribution < 1.29 is 4.79 Å². The van der Waals surface area contributed by atoms with Crippen LogP contribution in [0.15, 0.2) is 30.3 Å². The molecule has 4 aliphatic rings. The Labute approximate surface area is 191 Å². The van der Waals surface area contributed by atoms with E-state index in [2.05, 4.69) is 39.8 Å². The molecule has 2 saturated heterocycles. The fourth-order valence-electron chi connectivity index (χ4n) is 6.16. The predicted octanol–water partition coefficient (Wildman–Crippen LogP) is 4.62. The lowest BCUT2D eigenvalue weighted by Gasteiger charge is -2.38. The number of nitrogens with zero attached hydrogens (tertiary/aromatic N) is 4. The molecule has 2 spiro atoms. The molecular weight excluding hydrogens is 398 g/mol. The lowest BCUT2D eigenvalue weighted by molar-refractivity contribution is 0.102. The number of rotatable bonds is 4. The molecule has 2 aromatic rings. The summed E-state index contributed by atoms with van der Waals surface area (Å²) < 4.78 is 2.16. The smallest absolute Gasteiger partial charge is 0.258 e. The van der Waals surface area contributed by atoms with Gasteiger partial charge in [-0.1, -0.05) is 12.1 Å². The minimum absolute atomic E-state index is 0.0565. The van der Waals surface area contributed by atoms with Crippen LogP contribution in [0.5, 0.6) is 0 Å². The van der Waals surface area contributed by atoms with E-state index in [4.69, 9.17) is 5.10 Å². The van der Waals surface area contributed by atoms with Crippen molar-refractivity contribution in [2.45, 2.75) is 69.9 Å². The number of nitrogens with one attached hydrogen (secondary N) is 1. The fraction of sp³-hybridized carbons (Fsp3) is 0.615. The molecule has 6 heteroatoms. The second kappa shape index (κ2) is 7.34. The van der Waals surface area contributed by atoms with Crippen LogP contribution in [0.4, 0.5) is 11.5 Å². The fourth-order valence-corrected chi connectivity index (χ4v) is 6.16. The summed E-state index contributed by atoms with van der Waals surface area (Å²) >= 11 is 0. The lowest BCUT2D eigenvalue weighted by atomic mass is 9.93. The summed E-state index contributed by atoms with van der Waals surface area (Å²) in [6, 6.07) is 10.5. The van der Waals surface area contributed by atoms with E-state index in [9.17, 15) is 4.79 Å². The molecule has 0 radical (unpaired) electrons. The molecule has 2 aliphatic carbocycles. The third kappa shape index (κ3) is 3.53. The topological polar surface area (TPSA) is 53.4 Å². The van der Waals surface area contributed by atoms with Crippen molar-refractivity contribution in [2.24, 2.45) is 5.41 Å². The summed E-state index contributed by atoms with van der Waals surface area (Å²) in [5, 5.41) is 7.94. The Morgan fingerprint density at radius 2 is 1.81 bits per heavy atom. The molecule has 3 heterocycles. The van der Waals surface area contributed by atoms with Crippen LogP contribution in [-0.2, 0) is 0 Å². The Morgan fingerprint density at radius 1 is 1.06 bits per heavy atom. The van der Waals surface area contributed by atoms with Gasteiger partial charge in [0, 0.05) is 42.6 Å². The Balaban J connectivity index is 1.17. The zero-order chi connectivity index (χ0) is 21.9. The molecule has 1 unspecified atom stereocenters. The molecule has 6 rings (SSSR count). The van der Waals surface area contributed by atoms with Gasteiger partial charge in [-0.3, -0.25) is 9.48 Å². The molecule has 1 atom stereocenters. The van der Waals surface area contributed by atoms with E-state index in [1.165, 1.54) is 44.9 Å². The first-order chi connectivity index (χ1) is 15.5. The first-order valence-electron chi connectivity index (χ1n) is 12.4. The zero-order valence-electron chi connectivity index (χ0n) is 19.4. The zero-order valence-corrected chi connectivity index (χ0v) is 19.4. The molecule has 2 aliphatic heterocycles. The summed E-state index contributed by atoms with van der Waals surface area (Å²) in [5.41, 5.74) is 3.97. The quantitative estimate of drug-likeness (QED) is 0.764. The number of aryl methyl sites for hydroxylation is 1. The number of carbonyl (C=O) groups excluding carboxylic acids is 1. The number of amides is 1. The van der Waals surface area contributed by atoms with E-state index in [0.717, 1.165) is 43.0 Å². The Bertz CT molecular complexity index is 1020. The average Bonchev–Trinajstić information content (AvgIpc) is 3.71. The van der Waals surface area contributed by atoms with Crippen molar-refractivity contribution in [3.63, 3.8) is 0 Å². The molecule has 2 saturated carbocycles. The third-order valence-corrected chi connectivity index (χ3v) is 8.83. The van der Waals surface area contributed by atoms with Crippen molar-refractivity contribution in [1.82, 2.24) is 14.7 Å². The van der Waals surface area contributed by atoms with E-state index in [1.54, 1.807) is 0 Å².